The smallest absolute Gasteiger partial charge is 0.255 e. The maximum Gasteiger partial charge on any atom is 0.255 e. The molecule has 0 fully saturated rings. The summed E-state index contributed by atoms with van der Waals surface area (Å²) in [4.78, 5) is 0. The van der Waals surface area contributed by atoms with Crippen LogP contribution in [-0.2, 0) is 4.74 Å². The van der Waals surface area contributed by atoms with Gasteiger partial charge >= 0.3 is 0 Å². The van der Waals surface area contributed by atoms with Gasteiger partial charge in [-0.15, -0.1) is 0 Å². The van der Waals surface area contributed by atoms with E-state index in [4.69, 9.17) is 4.74 Å². The summed E-state index contributed by atoms with van der Waals surface area (Å²) in [5.74, 6) is 0. The Labute approximate surface area is 78.7 Å². The number of nitrogens with one attached hydrogen (secondary N) is 1. The lowest BCUT2D eigenvalue weighted by Crippen LogP contribution is -2.40. The van der Waals surface area contributed by atoms with Crippen LogP contribution in [0, 0.1) is 0 Å². The van der Waals surface area contributed by atoms with Crippen LogP contribution < -0.4 is 5.32 Å². The van der Waals surface area contributed by atoms with Crippen molar-refractivity contribution in [3.63, 3.8) is 0 Å². The Kier molecular flexibility index (Phi) is 8.24. The highest BCUT2D eigenvalue weighted by molar-refractivity contribution is 4.67. The van der Waals surface area contributed by atoms with Gasteiger partial charge in [-0.3, -0.25) is 0 Å². The highest BCUT2D eigenvalue weighted by Crippen LogP contribution is 2.01. The van der Waals surface area contributed by atoms with Crippen molar-refractivity contribution in [2.45, 2.75) is 39.2 Å². The van der Waals surface area contributed by atoms with Crippen molar-refractivity contribution in [2.24, 2.45) is 0 Å². The molecule has 1 unspecified atom stereocenters. The molecule has 80 valence electrons. The van der Waals surface area contributed by atoms with E-state index in [0.29, 0.717) is 13.2 Å². The van der Waals surface area contributed by atoms with Crippen molar-refractivity contribution in [2.75, 3.05) is 19.8 Å². The van der Waals surface area contributed by atoms with Gasteiger partial charge < -0.3 is 10.1 Å². The van der Waals surface area contributed by atoms with Crippen LogP contribution >= 0.6 is 0 Å². The summed E-state index contributed by atoms with van der Waals surface area (Å²) in [5, 5.41) is 2.75. The van der Waals surface area contributed by atoms with Crippen LogP contribution in [0.3, 0.4) is 0 Å². The first-order valence-electron chi connectivity index (χ1n) is 4.81. The van der Waals surface area contributed by atoms with E-state index in [1.165, 1.54) is 0 Å². The Morgan fingerprint density at radius 2 is 1.92 bits per heavy atom. The molecule has 0 aromatic carbocycles. The van der Waals surface area contributed by atoms with Gasteiger partial charge in [0, 0.05) is 6.61 Å². The third-order valence-corrected chi connectivity index (χ3v) is 1.61. The molecule has 0 aromatic heterocycles. The molecule has 0 saturated heterocycles. The molecule has 0 aromatic rings. The first-order chi connectivity index (χ1) is 6.22. The number of alkyl halides is 2. The fraction of sp³-hybridized carbons (Fsp3) is 1.00. The van der Waals surface area contributed by atoms with Crippen molar-refractivity contribution >= 4 is 0 Å². The van der Waals surface area contributed by atoms with Crippen LogP contribution in [0.5, 0.6) is 0 Å². The van der Waals surface area contributed by atoms with E-state index in [9.17, 15) is 8.78 Å². The summed E-state index contributed by atoms with van der Waals surface area (Å²) >= 11 is 0. The van der Waals surface area contributed by atoms with Crippen molar-refractivity contribution in [1.29, 1.82) is 0 Å². The molecule has 0 bridgehead atoms. The van der Waals surface area contributed by atoms with Crippen molar-refractivity contribution < 1.29 is 13.5 Å². The number of hydrogen-bond acceptors (Lipinski definition) is 2. The van der Waals surface area contributed by atoms with Crippen molar-refractivity contribution in [3.05, 3.63) is 0 Å². The molecule has 0 heterocycles. The second-order valence-electron chi connectivity index (χ2n) is 2.97. The molecule has 4 heteroatoms. The van der Waals surface area contributed by atoms with E-state index >= 15 is 0 Å². The van der Waals surface area contributed by atoms with E-state index in [-0.39, 0.29) is 6.61 Å². The van der Waals surface area contributed by atoms with E-state index in [0.717, 1.165) is 12.8 Å². The van der Waals surface area contributed by atoms with Gasteiger partial charge in [-0.2, -0.15) is 0 Å². The first kappa shape index (κ1) is 12.8. The Morgan fingerprint density at radius 1 is 1.23 bits per heavy atom. The van der Waals surface area contributed by atoms with Crippen LogP contribution in [0.4, 0.5) is 8.78 Å². The maximum absolute atomic E-state index is 12.3. The van der Waals surface area contributed by atoms with Gasteiger partial charge in [0.15, 0.2) is 0 Å². The van der Waals surface area contributed by atoms with Gasteiger partial charge in [-0.25, -0.2) is 8.78 Å². The molecule has 1 N–H and O–H groups in total. The Morgan fingerprint density at radius 3 is 2.38 bits per heavy atom. The highest BCUT2D eigenvalue weighted by Gasteiger charge is 2.18. The number of hydrogen-bond donors (Lipinski definition) is 1. The summed E-state index contributed by atoms with van der Waals surface area (Å²) in [7, 11) is 0. The van der Waals surface area contributed by atoms with E-state index < -0.39 is 12.5 Å². The molecular formula is C9H19F2NO. The third-order valence-electron chi connectivity index (χ3n) is 1.61. The quantitative estimate of drug-likeness (QED) is 0.598. The standard InChI is InChI=1S/C9H19F2NO/c1-3-5-12-8(9(10)11)7-13-6-4-2/h8-9,12H,3-7H2,1-2H3. The minimum atomic E-state index is -2.34. The summed E-state index contributed by atoms with van der Waals surface area (Å²) in [5.41, 5.74) is 0. The third kappa shape index (κ3) is 6.90. The van der Waals surface area contributed by atoms with Gasteiger partial charge in [-0.1, -0.05) is 13.8 Å². The monoisotopic (exact) mass is 195 g/mol. The zero-order chi connectivity index (χ0) is 10.1. The molecule has 2 nitrogen and oxygen atoms in total. The van der Waals surface area contributed by atoms with Gasteiger partial charge in [0.1, 0.15) is 0 Å². The van der Waals surface area contributed by atoms with Gasteiger partial charge in [-0.05, 0) is 19.4 Å². The van der Waals surface area contributed by atoms with Crippen molar-refractivity contribution in [1.82, 2.24) is 5.32 Å². The Bertz CT molecular complexity index is 112. The second-order valence-corrected chi connectivity index (χ2v) is 2.97. The van der Waals surface area contributed by atoms with Crippen LogP contribution in [0.25, 0.3) is 0 Å². The van der Waals surface area contributed by atoms with Gasteiger partial charge in [0.2, 0.25) is 0 Å². The molecule has 0 rings (SSSR count). The lowest BCUT2D eigenvalue weighted by atomic mass is 10.3. The summed E-state index contributed by atoms with van der Waals surface area (Å²) in [6, 6.07) is -0.813. The summed E-state index contributed by atoms with van der Waals surface area (Å²) in [6.07, 6.45) is -0.621. The van der Waals surface area contributed by atoms with Gasteiger partial charge in [0.05, 0.1) is 12.6 Å². The second kappa shape index (κ2) is 8.38. The molecule has 0 saturated carbocycles. The molecule has 0 spiro atoms. The van der Waals surface area contributed by atoms with Crippen LogP contribution in [-0.4, -0.2) is 32.2 Å². The fourth-order valence-electron chi connectivity index (χ4n) is 0.905. The molecule has 0 aliphatic carbocycles. The average Bonchev–Trinajstić information content (AvgIpc) is 2.10. The molecule has 0 aliphatic heterocycles. The number of ether oxygens (including phenoxy) is 1. The molecule has 0 amide bonds. The lowest BCUT2D eigenvalue weighted by Gasteiger charge is -2.17. The van der Waals surface area contributed by atoms with E-state index in [1.807, 2.05) is 13.8 Å². The molecule has 1 atom stereocenters. The molecule has 13 heavy (non-hydrogen) atoms. The maximum atomic E-state index is 12.3. The Hall–Kier alpha value is -0.220. The molecule has 0 radical (unpaired) electrons. The van der Waals surface area contributed by atoms with Crippen LogP contribution in [0.2, 0.25) is 0 Å². The predicted molar refractivity (Wildman–Crippen MR) is 49.2 cm³/mol. The lowest BCUT2D eigenvalue weighted by molar-refractivity contribution is 0.0315. The van der Waals surface area contributed by atoms with E-state index in [1.54, 1.807) is 0 Å². The topological polar surface area (TPSA) is 21.3 Å². The highest BCUT2D eigenvalue weighted by atomic mass is 19.3. The fourth-order valence-corrected chi connectivity index (χ4v) is 0.905. The number of halogens is 2. The van der Waals surface area contributed by atoms with E-state index in [2.05, 4.69) is 5.32 Å². The summed E-state index contributed by atoms with van der Waals surface area (Å²) in [6.45, 7) is 5.17. The first-order valence-corrected chi connectivity index (χ1v) is 4.81. The van der Waals surface area contributed by atoms with Crippen molar-refractivity contribution in [3.8, 4) is 0 Å². The SMILES string of the molecule is CCCNC(COCCC)C(F)F. The van der Waals surface area contributed by atoms with Crippen LogP contribution in [0.15, 0.2) is 0 Å². The largest absolute Gasteiger partial charge is 0.380 e. The minimum absolute atomic E-state index is 0.103. The summed E-state index contributed by atoms with van der Waals surface area (Å²) < 4.78 is 29.7. The molecular weight excluding hydrogens is 176 g/mol. The zero-order valence-electron chi connectivity index (χ0n) is 8.35. The predicted octanol–water partition coefficient (Wildman–Crippen LogP) is 2.05. The minimum Gasteiger partial charge on any atom is -0.380 e. The Balaban J connectivity index is 3.54. The normalized spacial score (nSPS) is 13.6. The number of rotatable bonds is 8. The zero-order valence-corrected chi connectivity index (χ0v) is 8.35. The molecule has 0 aliphatic rings. The average molecular weight is 195 g/mol. The van der Waals surface area contributed by atoms with Gasteiger partial charge in [0.25, 0.3) is 6.43 Å². The van der Waals surface area contributed by atoms with Crippen LogP contribution in [0.1, 0.15) is 26.7 Å².